The van der Waals surface area contributed by atoms with Crippen molar-refractivity contribution in [3.05, 3.63) is 11.9 Å². The number of nitrogens with one attached hydrogen (secondary N) is 1. The maximum absolute atomic E-state index is 4.66. The first-order valence-electron chi connectivity index (χ1n) is 8.02. The fourth-order valence-electron chi connectivity index (χ4n) is 2.85. The van der Waals surface area contributed by atoms with E-state index >= 15 is 0 Å². The van der Waals surface area contributed by atoms with Gasteiger partial charge in [-0.15, -0.1) is 0 Å². The predicted molar refractivity (Wildman–Crippen MR) is 85.4 cm³/mol. The van der Waals surface area contributed by atoms with Gasteiger partial charge in [0.25, 0.3) is 0 Å². The summed E-state index contributed by atoms with van der Waals surface area (Å²) in [5, 5.41) is 3.47. The molecule has 0 radical (unpaired) electrons. The Balaban J connectivity index is 2.21. The van der Waals surface area contributed by atoms with Gasteiger partial charge in [0.1, 0.15) is 17.5 Å². The van der Waals surface area contributed by atoms with Gasteiger partial charge >= 0.3 is 0 Å². The molecule has 2 rings (SSSR count). The van der Waals surface area contributed by atoms with Crippen molar-refractivity contribution in [3.63, 3.8) is 0 Å². The zero-order valence-corrected chi connectivity index (χ0v) is 13.3. The lowest BCUT2D eigenvalue weighted by Crippen LogP contribution is -2.39. The van der Waals surface area contributed by atoms with Crippen LogP contribution < -0.4 is 10.2 Å². The lowest BCUT2D eigenvalue weighted by molar-refractivity contribution is 0.446. The van der Waals surface area contributed by atoms with E-state index in [2.05, 4.69) is 47.0 Å². The van der Waals surface area contributed by atoms with E-state index in [1.165, 1.54) is 25.7 Å². The van der Waals surface area contributed by atoms with Gasteiger partial charge in [-0.05, 0) is 46.0 Å². The van der Waals surface area contributed by atoms with Crippen molar-refractivity contribution < 1.29 is 0 Å². The third-order valence-corrected chi connectivity index (χ3v) is 4.22. The fourth-order valence-corrected chi connectivity index (χ4v) is 2.85. The van der Waals surface area contributed by atoms with Gasteiger partial charge in [0.05, 0.1) is 0 Å². The minimum atomic E-state index is 0.445. The summed E-state index contributed by atoms with van der Waals surface area (Å²) in [7, 11) is 0. The lowest BCUT2D eigenvalue weighted by Gasteiger charge is -2.36. The van der Waals surface area contributed by atoms with Gasteiger partial charge in [0.15, 0.2) is 0 Å². The highest BCUT2D eigenvalue weighted by molar-refractivity contribution is 5.50. The number of anilines is 2. The molecule has 20 heavy (non-hydrogen) atoms. The summed E-state index contributed by atoms with van der Waals surface area (Å²) in [5.74, 6) is 2.91. The Labute approximate surface area is 123 Å². The first-order valence-corrected chi connectivity index (χ1v) is 8.02. The van der Waals surface area contributed by atoms with Crippen LogP contribution in [0.15, 0.2) is 6.07 Å². The molecule has 4 heteroatoms. The quantitative estimate of drug-likeness (QED) is 0.889. The third kappa shape index (κ3) is 3.62. The number of aromatic nitrogens is 2. The summed E-state index contributed by atoms with van der Waals surface area (Å²) in [5.41, 5.74) is 0. The minimum absolute atomic E-state index is 0.445. The Bertz CT molecular complexity index is 432. The van der Waals surface area contributed by atoms with Crippen LogP contribution >= 0.6 is 0 Å². The second-order valence-electron chi connectivity index (χ2n) is 5.86. The smallest absolute Gasteiger partial charge is 0.134 e. The second kappa shape index (κ2) is 6.91. The Hall–Kier alpha value is -1.32. The van der Waals surface area contributed by atoms with E-state index in [-0.39, 0.29) is 0 Å². The van der Waals surface area contributed by atoms with Crippen LogP contribution in [0, 0.1) is 6.92 Å². The van der Waals surface area contributed by atoms with Crippen molar-refractivity contribution in [1.29, 1.82) is 0 Å². The van der Waals surface area contributed by atoms with Crippen molar-refractivity contribution in [2.45, 2.75) is 71.9 Å². The van der Waals surface area contributed by atoms with E-state index < -0.39 is 0 Å². The molecular formula is C16H28N4. The van der Waals surface area contributed by atoms with E-state index in [1.807, 2.05) is 6.92 Å². The van der Waals surface area contributed by atoms with E-state index in [0.29, 0.717) is 12.1 Å². The highest BCUT2D eigenvalue weighted by Gasteiger charge is 2.22. The zero-order valence-electron chi connectivity index (χ0n) is 13.3. The predicted octanol–water partition coefficient (Wildman–Crippen LogP) is 3.76. The maximum Gasteiger partial charge on any atom is 0.134 e. The minimum Gasteiger partial charge on any atom is -0.367 e. The van der Waals surface area contributed by atoms with Crippen LogP contribution in [-0.2, 0) is 0 Å². The summed E-state index contributed by atoms with van der Waals surface area (Å²) < 4.78 is 0. The van der Waals surface area contributed by atoms with Gasteiger partial charge in [0.2, 0.25) is 0 Å². The molecular weight excluding hydrogens is 248 g/mol. The monoisotopic (exact) mass is 276 g/mol. The molecule has 1 saturated heterocycles. The van der Waals surface area contributed by atoms with Gasteiger partial charge in [-0.3, -0.25) is 0 Å². The normalized spacial score (nSPS) is 20.8. The molecule has 1 aliphatic heterocycles. The van der Waals surface area contributed by atoms with E-state index in [1.54, 1.807) is 0 Å². The molecule has 1 aromatic heterocycles. The topological polar surface area (TPSA) is 41.0 Å². The van der Waals surface area contributed by atoms with Crippen molar-refractivity contribution in [2.24, 2.45) is 0 Å². The van der Waals surface area contributed by atoms with Gasteiger partial charge < -0.3 is 10.2 Å². The molecule has 0 spiro atoms. The lowest BCUT2D eigenvalue weighted by atomic mass is 10.00. The van der Waals surface area contributed by atoms with Crippen LogP contribution in [0.4, 0.5) is 11.6 Å². The summed E-state index contributed by atoms with van der Waals surface area (Å²) in [6, 6.07) is 3.20. The third-order valence-electron chi connectivity index (χ3n) is 4.22. The molecule has 0 aliphatic carbocycles. The molecule has 0 aromatic carbocycles. The van der Waals surface area contributed by atoms with Crippen molar-refractivity contribution in [1.82, 2.24) is 9.97 Å². The molecule has 0 bridgehead atoms. The van der Waals surface area contributed by atoms with Crippen LogP contribution in [0.5, 0.6) is 0 Å². The number of aryl methyl sites for hydroxylation is 1. The molecule has 4 nitrogen and oxygen atoms in total. The zero-order chi connectivity index (χ0) is 14.5. The Morgan fingerprint density at radius 1 is 1.35 bits per heavy atom. The summed E-state index contributed by atoms with van der Waals surface area (Å²) in [6.45, 7) is 9.75. The Morgan fingerprint density at radius 3 is 2.85 bits per heavy atom. The SMILES string of the molecule is CCC(C)Nc1cc(N2CCCCC2CC)nc(C)n1. The van der Waals surface area contributed by atoms with E-state index in [0.717, 1.165) is 30.4 Å². The molecule has 1 N–H and O–H groups in total. The number of hydrogen-bond donors (Lipinski definition) is 1. The van der Waals surface area contributed by atoms with Gasteiger partial charge in [-0.25, -0.2) is 9.97 Å². The average Bonchev–Trinajstić information content (AvgIpc) is 2.46. The largest absolute Gasteiger partial charge is 0.367 e. The summed E-state index contributed by atoms with van der Waals surface area (Å²) in [4.78, 5) is 11.7. The molecule has 1 aromatic rings. The molecule has 1 aliphatic rings. The van der Waals surface area contributed by atoms with E-state index in [9.17, 15) is 0 Å². The van der Waals surface area contributed by atoms with Crippen molar-refractivity contribution >= 4 is 11.6 Å². The van der Waals surface area contributed by atoms with Crippen molar-refractivity contribution in [2.75, 3.05) is 16.8 Å². The van der Waals surface area contributed by atoms with Crippen LogP contribution in [0.2, 0.25) is 0 Å². The molecule has 112 valence electrons. The maximum atomic E-state index is 4.66. The molecule has 1 fully saturated rings. The first-order chi connectivity index (χ1) is 9.63. The Morgan fingerprint density at radius 2 is 2.15 bits per heavy atom. The fraction of sp³-hybridized carbons (Fsp3) is 0.750. The number of piperidine rings is 1. The highest BCUT2D eigenvalue weighted by atomic mass is 15.2. The van der Waals surface area contributed by atoms with Crippen LogP contribution in [-0.4, -0.2) is 28.6 Å². The molecule has 0 saturated carbocycles. The molecule has 2 heterocycles. The first kappa shape index (κ1) is 15.1. The van der Waals surface area contributed by atoms with Crippen LogP contribution in [0.1, 0.15) is 58.7 Å². The molecule has 2 atom stereocenters. The standard InChI is InChI=1S/C16H28N4/c1-5-12(3)17-15-11-16(19-13(4)18-15)20-10-8-7-9-14(20)6-2/h11-12,14H,5-10H2,1-4H3,(H,17,18,19). The van der Waals surface area contributed by atoms with Crippen LogP contribution in [0.25, 0.3) is 0 Å². The van der Waals surface area contributed by atoms with E-state index in [4.69, 9.17) is 0 Å². The summed E-state index contributed by atoms with van der Waals surface area (Å²) in [6.07, 6.45) is 6.19. The van der Waals surface area contributed by atoms with Crippen molar-refractivity contribution in [3.8, 4) is 0 Å². The van der Waals surface area contributed by atoms with Gasteiger partial charge in [-0.1, -0.05) is 13.8 Å². The number of hydrogen-bond acceptors (Lipinski definition) is 4. The Kier molecular flexibility index (Phi) is 5.21. The highest BCUT2D eigenvalue weighted by Crippen LogP contribution is 2.26. The number of rotatable bonds is 5. The van der Waals surface area contributed by atoms with Gasteiger partial charge in [-0.2, -0.15) is 0 Å². The number of nitrogens with zero attached hydrogens (tertiary/aromatic N) is 3. The average molecular weight is 276 g/mol. The second-order valence-corrected chi connectivity index (χ2v) is 5.86. The summed E-state index contributed by atoms with van der Waals surface area (Å²) >= 11 is 0. The van der Waals surface area contributed by atoms with Gasteiger partial charge in [0, 0.05) is 24.7 Å². The van der Waals surface area contributed by atoms with Crippen LogP contribution in [0.3, 0.4) is 0 Å². The molecule has 0 amide bonds. The molecule has 2 unspecified atom stereocenters.